The van der Waals surface area contributed by atoms with E-state index in [0.717, 1.165) is 63.6 Å². The minimum absolute atomic E-state index is 0.0276. The fraction of sp³-hybridized carbons (Fsp3) is 0.379. The molecule has 1 saturated carbocycles. The van der Waals surface area contributed by atoms with Crippen LogP contribution in [0.25, 0.3) is 26.3 Å². The molecule has 222 valence electrons. The van der Waals surface area contributed by atoms with Gasteiger partial charge in [-0.1, -0.05) is 12.5 Å². The summed E-state index contributed by atoms with van der Waals surface area (Å²) in [4.78, 5) is 41.7. The minimum atomic E-state index is -0.611. The van der Waals surface area contributed by atoms with Crippen LogP contribution in [-0.2, 0) is 11.2 Å². The molecule has 14 heteroatoms. The number of hydrogen-bond donors (Lipinski definition) is 3. The van der Waals surface area contributed by atoms with Gasteiger partial charge >= 0.3 is 0 Å². The number of rotatable bonds is 7. The topological polar surface area (TPSA) is 168 Å². The highest BCUT2D eigenvalue weighted by atomic mass is 32.1. The van der Waals surface area contributed by atoms with Gasteiger partial charge in [0.05, 0.1) is 45.0 Å². The summed E-state index contributed by atoms with van der Waals surface area (Å²) in [5.41, 5.74) is 13.9. The van der Waals surface area contributed by atoms with Gasteiger partial charge in [-0.05, 0) is 24.5 Å². The molecular weight excluding hydrogens is 587 g/mol. The van der Waals surface area contributed by atoms with Crippen molar-refractivity contribution in [2.24, 2.45) is 5.73 Å². The number of anilines is 2. The molecule has 6 heterocycles. The van der Waals surface area contributed by atoms with Crippen molar-refractivity contribution in [2.45, 2.75) is 44.2 Å². The van der Waals surface area contributed by atoms with E-state index in [2.05, 4.69) is 26.0 Å². The quantitative estimate of drug-likeness (QED) is 0.248. The minimum Gasteiger partial charge on any atom is -0.378 e. The Kier molecular flexibility index (Phi) is 7.51. The van der Waals surface area contributed by atoms with Crippen molar-refractivity contribution in [3.63, 3.8) is 0 Å². The van der Waals surface area contributed by atoms with Gasteiger partial charge in [0.2, 0.25) is 5.95 Å². The molecule has 5 aromatic rings. The molecule has 0 bridgehead atoms. The summed E-state index contributed by atoms with van der Waals surface area (Å²) in [6.07, 6.45) is 7.86. The molecule has 2 aliphatic rings. The van der Waals surface area contributed by atoms with Crippen molar-refractivity contribution in [2.75, 3.05) is 36.5 Å². The summed E-state index contributed by atoms with van der Waals surface area (Å²) in [6.45, 7) is 2.85. The molecule has 1 saturated heterocycles. The first kappa shape index (κ1) is 27.8. The summed E-state index contributed by atoms with van der Waals surface area (Å²) in [5, 5.41) is 10.8. The Morgan fingerprint density at radius 3 is 2.77 bits per heavy atom. The molecule has 0 spiro atoms. The van der Waals surface area contributed by atoms with Gasteiger partial charge in [0.15, 0.2) is 11.1 Å². The van der Waals surface area contributed by atoms with Crippen molar-refractivity contribution >= 4 is 54.6 Å². The molecule has 7 rings (SSSR count). The van der Waals surface area contributed by atoms with E-state index in [1.807, 2.05) is 17.5 Å². The van der Waals surface area contributed by atoms with E-state index < -0.39 is 5.91 Å². The van der Waals surface area contributed by atoms with Gasteiger partial charge in [-0.3, -0.25) is 14.6 Å². The number of ether oxygens (including phenoxy) is 1. The van der Waals surface area contributed by atoms with E-state index in [9.17, 15) is 9.59 Å². The molecule has 1 amide bonds. The van der Waals surface area contributed by atoms with Gasteiger partial charge in [0.1, 0.15) is 17.9 Å². The van der Waals surface area contributed by atoms with E-state index in [0.29, 0.717) is 36.9 Å². The molecular formula is C29H32N9O3S2+. The number of aromatic nitrogens is 5. The number of morpholine rings is 1. The van der Waals surface area contributed by atoms with Gasteiger partial charge in [0.25, 0.3) is 5.91 Å². The zero-order chi connectivity index (χ0) is 29.5. The molecule has 1 aliphatic carbocycles. The highest BCUT2D eigenvalue weighted by Crippen LogP contribution is 2.38. The lowest BCUT2D eigenvalue weighted by Gasteiger charge is -2.28. The number of carbonyl (C=O) groups excluding carboxylic acids is 1. The van der Waals surface area contributed by atoms with E-state index in [4.69, 9.17) is 20.4 Å². The van der Waals surface area contributed by atoms with Gasteiger partial charge in [-0.2, -0.15) is 9.61 Å². The lowest BCUT2D eigenvalue weighted by atomic mass is 9.91. The summed E-state index contributed by atoms with van der Waals surface area (Å²) in [5.74, 6) is -0.0894. The van der Waals surface area contributed by atoms with E-state index in [1.54, 1.807) is 28.1 Å². The number of pyridine rings is 1. The van der Waals surface area contributed by atoms with E-state index in [1.165, 1.54) is 24.1 Å². The third-order valence-corrected chi connectivity index (χ3v) is 10.5. The van der Waals surface area contributed by atoms with Crippen LogP contribution in [0.1, 0.15) is 47.3 Å². The molecule has 1 aliphatic heterocycles. The van der Waals surface area contributed by atoms with Crippen molar-refractivity contribution in [3.05, 3.63) is 63.1 Å². The van der Waals surface area contributed by atoms with Crippen LogP contribution < -0.4 is 27.1 Å². The summed E-state index contributed by atoms with van der Waals surface area (Å²) < 4.78 is 8.71. The second-order valence-corrected chi connectivity index (χ2v) is 12.9. The number of amides is 1. The summed E-state index contributed by atoms with van der Waals surface area (Å²) in [6, 6.07) is 6.06. The van der Waals surface area contributed by atoms with Crippen LogP contribution in [0.5, 0.6) is 0 Å². The number of fused-ring (bicyclic) bond motifs is 2. The van der Waals surface area contributed by atoms with Crippen LogP contribution in [0, 0.1) is 0 Å². The Bertz CT molecular complexity index is 1860. The van der Waals surface area contributed by atoms with Gasteiger partial charge in [-0.15, -0.1) is 22.7 Å². The summed E-state index contributed by atoms with van der Waals surface area (Å²) >= 11 is 3.07. The number of nitrogens with one attached hydrogen (secondary N) is 1. The largest absolute Gasteiger partial charge is 0.378 e. The maximum Gasteiger partial charge on any atom is 0.254 e. The van der Waals surface area contributed by atoms with Crippen LogP contribution in [0.2, 0.25) is 0 Å². The van der Waals surface area contributed by atoms with Gasteiger partial charge < -0.3 is 26.4 Å². The monoisotopic (exact) mass is 618 g/mol. The number of nitrogens with zero attached hydrogens (tertiary/aromatic N) is 6. The molecule has 6 N–H and O–H groups in total. The van der Waals surface area contributed by atoms with Crippen LogP contribution in [0.4, 0.5) is 10.9 Å². The Morgan fingerprint density at radius 2 is 2.00 bits per heavy atom. The number of hydrogen-bond acceptors (Lipinski definition) is 11. The molecule has 43 heavy (non-hydrogen) atoms. The standard InChI is InChI=1S/C29H31N9O3S2/c30-18-3-1-2-4-20(18)35-29-36-21(24(27(31)40)28-33-15-34-38(28)29)11-16-5-6-19(32-13-16)17-14-42-26-22(39)12-23(43-25(17)26)37-7-9-41-10-8-37/h5-6,12-15,18,20H,1-4,7-11,30H2,(H2,31,40)(H,35,36)/p+1/t18-,20+/m1/s1. The second kappa shape index (κ2) is 11.6. The third kappa shape index (κ3) is 5.35. The number of nitrogens with two attached hydrogens (primary N) is 1. The summed E-state index contributed by atoms with van der Waals surface area (Å²) in [7, 11) is 0. The number of primary amides is 1. The predicted octanol–water partition coefficient (Wildman–Crippen LogP) is 2.31. The molecule has 2 fully saturated rings. The fourth-order valence-corrected chi connectivity index (χ4v) is 8.26. The highest BCUT2D eigenvalue weighted by molar-refractivity contribution is 7.28. The van der Waals surface area contributed by atoms with Crippen LogP contribution in [0.15, 0.2) is 40.9 Å². The first-order valence-corrected chi connectivity index (χ1v) is 16.1. The predicted molar refractivity (Wildman–Crippen MR) is 167 cm³/mol. The molecule has 12 nitrogen and oxygen atoms in total. The Labute approximate surface area is 254 Å². The number of quaternary nitrogens is 1. The first-order valence-electron chi connectivity index (χ1n) is 14.4. The lowest BCUT2D eigenvalue weighted by Crippen LogP contribution is -2.68. The van der Waals surface area contributed by atoms with Crippen molar-refractivity contribution < 1.29 is 15.3 Å². The average Bonchev–Trinajstić information content (AvgIpc) is 3.67. The smallest absolute Gasteiger partial charge is 0.254 e. The van der Waals surface area contributed by atoms with Gasteiger partial charge in [-0.25, -0.2) is 9.97 Å². The number of carbonyl (C=O) groups is 1. The van der Waals surface area contributed by atoms with Crippen molar-refractivity contribution in [3.8, 4) is 11.3 Å². The average molecular weight is 619 g/mol. The Hall–Kier alpha value is -3.98. The normalized spacial score (nSPS) is 19.2. The molecule has 2 atom stereocenters. The fourth-order valence-electron chi connectivity index (χ4n) is 5.89. The van der Waals surface area contributed by atoms with Crippen LogP contribution >= 0.6 is 22.7 Å². The molecule has 0 aromatic carbocycles. The SMILES string of the molecule is NC(=O)c1c(Cc2ccc(-c3csc4c(=O)cc(N5CCOCC5)sc34)nc2)nc(N[C@H]2CCCC[C@H]2[NH3+])n2ncnc12. The Balaban J connectivity index is 1.20. The lowest BCUT2D eigenvalue weighted by molar-refractivity contribution is -0.427. The Morgan fingerprint density at radius 1 is 1.16 bits per heavy atom. The molecule has 0 unspecified atom stereocenters. The van der Waals surface area contributed by atoms with E-state index >= 15 is 0 Å². The van der Waals surface area contributed by atoms with Crippen LogP contribution in [-0.4, -0.2) is 68.9 Å². The van der Waals surface area contributed by atoms with Crippen molar-refractivity contribution in [1.82, 2.24) is 24.6 Å². The molecule has 5 aromatic heterocycles. The third-order valence-electron chi connectivity index (χ3n) is 8.20. The maximum atomic E-state index is 13.0. The zero-order valence-electron chi connectivity index (χ0n) is 23.5. The highest BCUT2D eigenvalue weighted by Gasteiger charge is 2.28. The van der Waals surface area contributed by atoms with Crippen molar-refractivity contribution in [1.29, 1.82) is 0 Å². The zero-order valence-corrected chi connectivity index (χ0v) is 25.1. The van der Waals surface area contributed by atoms with Crippen LogP contribution in [0.3, 0.4) is 0 Å². The first-order chi connectivity index (χ1) is 21.0. The van der Waals surface area contributed by atoms with Gasteiger partial charge in [0, 0.05) is 49.1 Å². The second-order valence-electron chi connectivity index (χ2n) is 11.0. The molecule has 0 radical (unpaired) electrons. The number of thiophene rings is 1. The maximum absolute atomic E-state index is 13.0. The van der Waals surface area contributed by atoms with E-state index in [-0.39, 0.29) is 23.1 Å².